The third-order valence-electron chi connectivity index (χ3n) is 6.14. The molecule has 0 saturated heterocycles. The zero-order valence-corrected chi connectivity index (χ0v) is 15.5. The summed E-state index contributed by atoms with van der Waals surface area (Å²) in [6.45, 7) is 2.12. The fourth-order valence-corrected chi connectivity index (χ4v) is 5.03. The molecule has 1 nitrogen and oxygen atoms in total. The van der Waals surface area contributed by atoms with Crippen molar-refractivity contribution in [2.24, 2.45) is 0 Å². The fourth-order valence-electron chi connectivity index (χ4n) is 5.03. The molecular weight excluding hydrogens is 328 g/mol. The summed E-state index contributed by atoms with van der Waals surface area (Å²) in [7, 11) is 0. The predicted octanol–water partition coefficient (Wildman–Crippen LogP) is 5.96. The second-order valence-corrected chi connectivity index (χ2v) is 7.71. The van der Waals surface area contributed by atoms with Crippen LogP contribution in [0.25, 0.3) is 11.1 Å². The van der Waals surface area contributed by atoms with Crippen LogP contribution in [0.15, 0.2) is 78.9 Å². The van der Waals surface area contributed by atoms with Gasteiger partial charge in [-0.05, 0) is 53.2 Å². The Labute approximate surface area is 160 Å². The summed E-state index contributed by atoms with van der Waals surface area (Å²) in [6, 6.07) is 27.7. The van der Waals surface area contributed by atoms with Gasteiger partial charge in [-0.25, -0.2) is 0 Å². The van der Waals surface area contributed by atoms with Gasteiger partial charge >= 0.3 is 0 Å². The lowest BCUT2D eigenvalue weighted by Gasteiger charge is -2.28. The molecule has 1 fully saturated rings. The second-order valence-electron chi connectivity index (χ2n) is 7.71. The van der Waals surface area contributed by atoms with E-state index in [4.69, 9.17) is 0 Å². The molecule has 1 saturated carbocycles. The van der Waals surface area contributed by atoms with E-state index in [1.54, 1.807) is 0 Å². The van der Waals surface area contributed by atoms with Gasteiger partial charge in [-0.3, -0.25) is 4.79 Å². The molecule has 2 aliphatic rings. The van der Waals surface area contributed by atoms with Crippen molar-refractivity contribution in [1.29, 1.82) is 0 Å². The smallest absolute Gasteiger partial charge is 0.147 e. The molecular formula is C26H22O. The minimum atomic E-state index is -0.492. The van der Waals surface area contributed by atoms with E-state index in [2.05, 4.69) is 73.7 Å². The predicted molar refractivity (Wildman–Crippen MR) is 111 cm³/mol. The Bertz CT molecular complexity index is 1060. The summed E-state index contributed by atoms with van der Waals surface area (Å²) in [4.78, 5) is 13.4. The first-order valence-corrected chi connectivity index (χ1v) is 9.72. The normalized spacial score (nSPS) is 21.1. The van der Waals surface area contributed by atoms with Crippen LogP contribution >= 0.6 is 0 Å². The number of carbonyl (C=O) groups excluding carboxylic acids is 1. The molecule has 27 heavy (non-hydrogen) atoms. The number of hydrogen-bond acceptors (Lipinski definition) is 1. The first-order chi connectivity index (χ1) is 13.2. The summed E-state index contributed by atoms with van der Waals surface area (Å²) in [5.74, 6) is 0.374. The molecule has 0 aromatic heterocycles. The third kappa shape index (κ3) is 2.28. The number of hydrogen-bond donors (Lipinski definition) is 0. The van der Waals surface area contributed by atoms with Crippen LogP contribution in [0.1, 0.15) is 47.1 Å². The third-order valence-corrected chi connectivity index (χ3v) is 6.14. The van der Waals surface area contributed by atoms with Gasteiger partial charge in [-0.1, -0.05) is 84.4 Å². The second kappa shape index (κ2) is 6.06. The molecule has 132 valence electrons. The highest BCUT2D eigenvalue weighted by molar-refractivity contribution is 6.18. The molecule has 0 aliphatic heterocycles. The number of ketones is 1. The fraction of sp³-hybridized carbons (Fsp3) is 0.192. The van der Waals surface area contributed by atoms with Gasteiger partial charge in [0.25, 0.3) is 0 Å². The Morgan fingerprint density at radius 2 is 1.48 bits per heavy atom. The van der Waals surface area contributed by atoms with Crippen molar-refractivity contribution < 1.29 is 4.79 Å². The van der Waals surface area contributed by atoms with Crippen LogP contribution in [0.5, 0.6) is 0 Å². The van der Waals surface area contributed by atoms with E-state index in [-0.39, 0.29) is 0 Å². The van der Waals surface area contributed by atoms with Crippen molar-refractivity contribution in [3.8, 4) is 0 Å². The Kier molecular flexibility index (Phi) is 3.65. The maximum atomic E-state index is 13.4. The lowest BCUT2D eigenvalue weighted by molar-refractivity contribution is -0.120. The molecule has 3 aromatic rings. The molecule has 1 spiro atoms. The van der Waals surface area contributed by atoms with E-state index in [9.17, 15) is 4.79 Å². The van der Waals surface area contributed by atoms with Crippen LogP contribution in [-0.2, 0) is 10.2 Å². The minimum Gasteiger partial charge on any atom is -0.298 e. The number of rotatable bonds is 2. The van der Waals surface area contributed by atoms with Gasteiger partial charge < -0.3 is 0 Å². The van der Waals surface area contributed by atoms with Crippen molar-refractivity contribution in [2.45, 2.75) is 31.6 Å². The van der Waals surface area contributed by atoms with E-state index in [1.807, 2.05) is 12.1 Å². The molecule has 0 N–H and O–H groups in total. The SMILES string of the molecule is Cc1ccc2c(c1)[C@]1(CCCC1=O)C(c1ccccc1)=C2c1ccccc1. The molecule has 0 unspecified atom stereocenters. The van der Waals surface area contributed by atoms with E-state index in [0.29, 0.717) is 12.2 Å². The zero-order valence-electron chi connectivity index (χ0n) is 15.5. The summed E-state index contributed by atoms with van der Waals surface area (Å²) in [6.07, 6.45) is 2.54. The van der Waals surface area contributed by atoms with E-state index in [0.717, 1.165) is 12.8 Å². The quantitative estimate of drug-likeness (QED) is 0.557. The molecule has 1 heteroatoms. The first-order valence-electron chi connectivity index (χ1n) is 9.72. The molecule has 3 aromatic carbocycles. The van der Waals surface area contributed by atoms with Crippen LogP contribution in [0.3, 0.4) is 0 Å². The van der Waals surface area contributed by atoms with Crippen LogP contribution in [0.2, 0.25) is 0 Å². The Hall–Kier alpha value is -2.93. The van der Waals surface area contributed by atoms with Crippen molar-refractivity contribution in [3.05, 3.63) is 107 Å². The van der Waals surface area contributed by atoms with Gasteiger partial charge in [-0.15, -0.1) is 0 Å². The highest BCUT2D eigenvalue weighted by Gasteiger charge is 2.52. The number of allylic oxidation sites excluding steroid dienone is 1. The molecule has 0 radical (unpaired) electrons. The van der Waals surface area contributed by atoms with Crippen LogP contribution < -0.4 is 0 Å². The van der Waals surface area contributed by atoms with Crippen LogP contribution in [0, 0.1) is 6.92 Å². The van der Waals surface area contributed by atoms with E-state index >= 15 is 0 Å². The van der Waals surface area contributed by atoms with E-state index in [1.165, 1.54) is 39.0 Å². The zero-order chi connectivity index (χ0) is 18.4. The topological polar surface area (TPSA) is 17.1 Å². The van der Waals surface area contributed by atoms with Crippen LogP contribution in [-0.4, -0.2) is 5.78 Å². The summed E-state index contributed by atoms with van der Waals surface area (Å²) in [5, 5.41) is 0. The van der Waals surface area contributed by atoms with Gasteiger partial charge in [0, 0.05) is 6.42 Å². The van der Waals surface area contributed by atoms with Crippen molar-refractivity contribution in [1.82, 2.24) is 0 Å². The lowest BCUT2D eigenvalue weighted by atomic mass is 9.72. The van der Waals surface area contributed by atoms with Gasteiger partial charge in [0.15, 0.2) is 0 Å². The largest absolute Gasteiger partial charge is 0.298 e. The van der Waals surface area contributed by atoms with Gasteiger partial charge in [0.2, 0.25) is 0 Å². The van der Waals surface area contributed by atoms with Crippen molar-refractivity contribution >= 4 is 16.9 Å². The molecule has 5 rings (SSSR count). The highest BCUT2D eigenvalue weighted by Crippen LogP contribution is 2.58. The summed E-state index contributed by atoms with van der Waals surface area (Å²) in [5.41, 5.74) is 7.95. The summed E-state index contributed by atoms with van der Waals surface area (Å²) < 4.78 is 0. The number of Topliss-reactive ketones (excluding diaryl/α,β-unsaturated/α-hetero) is 1. The Morgan fingerprint density at radius 1 is 0.815 bits per heavy atom. The first kappa shape index (κ1) is 16.3. The van der Waals surface area contributed by atoms with Crippen LogP contribution in [0.4, 0.5) is 0 Å². The maximum absolute atomic E-state index is 13.4. The van der Waals surface area contributed by atoms with Gasteiger partial charge in [0.1, 0.15) is 5.78 Å². The lowest BCUT2D eigenvalue weighted by Crippen LogP contribution is -2.30. The Morgan fingerprint density at radius 3 is 2.11 bits per heavy atom. The molecule has 0 heterocycles. The molecule has 0 amide bonds. The maximum Gasteiger partial charge on any atom is 0.147 e. The number of benzene rings is 3. The van der Waals surface area contributed by atoms with Gasteiger partial charge in [-0.2, -0.15) is 0 Å². The minimum absolute atomic E-state index is 0.374. The monoisotopic (exact) mass is 350 g/mol. The molecule has 1 atom stereocenters. The number of carbonyl (C=O) groups is 1. The standard InChI is InChI=1S/C26H22O/c1-18-14-15-21-22(17-18)26(16-8-13-23(26)27)25(20-11-6-3-7-12-20)24(21)19-9-4-2-5-10-19/h2-7,9-12,14-15,17H,8,13,16H2,1H3/t26-/m0/s1. The average Bonchev–Trinajstić information content (AvgIpc) is 3.22. The summed E-state index contributed by atoms with van der Waals surface area (Å²) >= 11 is 0. The van der Waals surface area contributed by atoms with Crippen molar-refractivity contribution in [2.75, 3.05) is 0 Å². The van der Waals surface area contributed by atoms with Gasteiger partial charge in [0.05, 0.1) is 5.41 Å². The molecule has 2 aliphatic carbocycles. The van der Waals surface area contributed by atoms with Crippen molar-refractivity contribution in [3.63, 3.8) is 0 Å². The average molecular weight is 350 g/mol. The highest BCUT2D eigenvalue weighted by atomic mass is 16.1. The van der Waals surface area contributed by atoms with E-state index < -0.39 is 5.41 Å². The number of aryl methyl sites for hydroxylation is 1. The molecule has 0 bridgehead atoms. The number of fused-ring (bicyclic) bond motifs is 2. The Balaban J connectivity index is 1.92.